The highest BCUT2D eigenvalue weighted by Crippen LogP contribution is 2.12. The molecule has 0 radical (unpaired) electrons. The number of esters is 1. The van der Waals surface area contributed by atoms with Crippen LogP contribution in [0.2, 0.25) is 0 Å². The highest BCUT2D eigenvalue weighted by molar-refractivity contribution is 5.94. The van der Waals surface area contributed by atoms with E-state index < -0.39 is 0 Å². The monoisotopic (exact) mass is 318 g/mol. The lowest BCUT2D eigenvalue weighted by molar-refractivity contribution is -0.117. The normalized spacial score (nSPS) is 15.2. The van der Waals surface area contributed by atoms with Crippen LogP contribution in [0.25, 0.3) is 0 Å². The van der Waals surface area contributed by atoms with Crippen LogP contribution < -0.4 is 5.32 Å². The number of carbonyl (C=O) groups is 2. The molecule has 0 saturated carbocycles. The number of piperidine rings is 1. The fraction of sp³-hybridized carbons (Fsp3) is 0.556. The average Bonchev–Trinajstić information content (AvgIpc) is 2.56. The minimum absolute atomic E-state index is 0.00910. The topological polar surface area (TPSA) is 58.6 Å². The first kappa shape index (κ1) is 17.5. The van der Waals surface area contributed by atoms with E-state index >= 15 is 0 Å². The van der Waals surface area contributed by atoms with Gasteiger partial charge < -0.3 is 10.1 Å². The van der Waals surface area contributed by atoms with E-state index in [4.69, 9.17) is 4.74 Å². The number of anilines is 1. The summed E-state index contributed by atoms with van der Waals surface area (Å²) in [6.45, 7) is 4.92. The molecule has 1 fully saturated rings. The maximum Gasteiger partial charge on any atom is 0.338 e. The molecule has 126 valence electrons. The number of unbranched alkanes of at least 4 members (excludes halogenated alkanes) is 1. The van der Waals surface area contributed by atoms with Crippen molar-refractivity contribution in [1.82, 2.24) is 4.90 Å². The lowest BCUT2D eigenvalue weighted by Gasteiger charge is -2.25. The van der Waals surface area contributed by atoms with E-state index in [-0.39, 0.29) is 11.9 Å². The van der Waals surface area contributed by atoms with Crippen molar-refractivity contribution in [2.45, 2.75) is 39.0 Å². The van der Waals surface area contributed by atoms with Gasteiger partial charge in [-0.25, -0.2) is 4.79 Å². The van der Waals surface area contributed by atoms with Crippen molar-refractivity contribution >= 4 is 17.6 Å². The fourth-order valence-electron chi connectivity index (χ4n) is 2.60. The number of hydrogen-bond donors (Lipinski definition) is 1. The molecule has 1 aliphatic heterocycles. The first-order chi connectivity index (χ1) is 11.2. The zero-order valence-electron chi connectivity index (χ0n) is 13.8. The SMILES string of the molecule is CCCCOC(=O)c1ccc(NC(=O)CN2CCCCC2)cc1. The van der Waals surface area contributed by atoms with Crippen molar-refractivity contribution in [3.05, 3.63) is 29.8 Å². The molecule has 1 aromatic carbocycles. The second-order valence-corrected chi connectivity index (χ2v) is 5.95. The standard InChI is InChI=1S/C18H26N2O3/c1-2-3-13-23-18(22)15-7-9-16(10-8-15)19-17(21)14-20-11-5-4-6-12-20/h7-10H,2-6,11-14H2,1H3,(H,19,21). The smallest absolute Gasteiger partial charge is 0.338 e. The number of nitrogens with one attached hydrogen (secondary N) is 1. The number of nitrogens with zero attached hydrogens (tertiary/aromatic N) is 1. The van der Waals surface area contributed by atoms with Crippen LogP contribution in [0.5, 0.6) is 0 Å². The van der Waals surface area contributed by atoms with Gasteiger partial charge in [-0.05, 0) is 56.6 Å². The van der Waals surface area contributed by atoms with Gasteiger partial charge in [0.25, 0.3) is 0 Å². The van der Waals surface area contributed by atoms with E-state index in [2.05, 4.69) is 17.1 Å². The summed E-state index contributed by atoms with van der Waals surface area (Å²) >= 11 is 0. The van der Waals surface area contributed by atoms with Crippen LogP contribution in [0.4, 0.5) is 5.69 Å². The molecule has 1 heterocycles. The van der Waals surface area contributed by atoms with Gasteiger partial charge in [0.15, 0.2) is 0 Å². The summed E-state index contributed by atoms with van der Waals surface area (Å²) in [7, 11) is 0. The molecule has 23 heavy (non-hydrogen) atoms. The number of hydrogen-bond acceptors (Lipinski definition) is 4. The molecule has 5 nitrogen and oxygen atoms in total. The van der Waals surface area contributed by atoms with Gasteiger partial charge in [0, 0.05) is 5.69 Å². The van der Waals surface area contributed by atoms with Gasteiger partial charge in [-0.15, -0.1) is 0 Å². The molecule has 1 saturated heterocycles. The maximum absolute atomic E-state index is 12.0. The summed E-state index contributed by atoms with van der Waals surface area (Å²) in [5.41, 5.74) is 1.22. The molecule has 1 aliphatic rings. The summed E-state index contributed by atoms with van der Waals surface area (Å²) < 4.78 is 5.16. The summed E-state index contributed by atoms with van der Waals surface area (Å²) in [6, 6.07) is 6.85. The van der Waals surface area contributed by atoms with Gasteiger partial charge in [0.05, 0.1) is 18.7 Å². The van der Waals surface area contributed by atoms with Gasteiger partial charge >= 0.3 is 5.97 Å². The predicted octanol–water partition coefficient (Wildman–Crippen LogP) is 3.07. The molecule has 2 rings (SSSR count). The van der Waals surface area contributed by atoms with E-state index in [9.17, 15) is 9.59 Å². The van der Waals surface area contributed by atoms with Gasteiger partial charge in [0.2, 0.25) is 5.91 Å². The van der Waals surface area contributed by atoms with Crippen molar-refractivity contribution < 1.29 is 14.3 Å². The van der Waals surface area contributed by atoms with Gasteiger partial charge in [0.1, 0.15) is 0 Å². The van der Waals surface area contributed by atoms with Gasteiger partial charge in [-0.2, -0.15) is 0 Å². The Morgan fingerprint density at radius 1 is 1.13 bits per heavy atom. The Bertz CT molecular complexity index is 508. The van der Waals surface area contributed by atoms with Crippen molar-refractivity contribution in [3.63, 3.8) is 0 Å². The number of rotatable bonds is 7. The van der Waals surface area contributed by atoms with Crippen LogP contribution in [0, 0.1) is 0 Å². The number of ether oxygens (including phenoxy) is 1. The number of carbonyl (C=O) groups excluding carboxylic acids is 2. The van der Waals surface area contributed by atoms with E-state index in [0.29, 0.717) is 24.4 Å². The van der Waals surface area contributed by atoms with E-state index in [1.54, 1.807) is 24.3 Å². The lowest BCUT2D eigenvalue weighted by atomic mass is 10.1. The predicted molar refractivity (Wildman–Crippen MR) is 90.6 cm³/mol. The van der Waals surface area contributed by atoms with Gasteiger partial charge in [-0.3, -0.25) is 9.69 Å². The molecule has 0 aliphatic carbocycles. The van der Waals surface area contributed by atoms with Gasteiger partial charge in [-0.1, -0.05) is 19.8 Å². The van der Waals surface area contributed by atoms with Crippen molar-refractivity contribution in [2.75, 3.05) is 31.6 Å². The maximum atomic E-state index is 12.0. The van der Waals surface area contributed by atoms with Crippen molar-refractivity contribution in [3.8, 4) is 0 Å². The fourth-order valence-corrected chi connectivity index (χ4v) is 2.60. The first-order valence-electron chi connectivity index (χ1n) is 8.48. The molecule has 0 bridgehead atoms. The highest BCUT2D eigenvalue weighted by Gasteiger charge is 2.14. The van der Waals surface area contributed by atoms with E-state index in [1.807, 2.05) is 0 Å². The average molecular weight is 318 g/mol. The molecular weight excluding hydrogens is 292 g/mol. The van der Waals surface area contributed by atoms with E-state index in [0.717, 1.165) is 25.9 Å². The van der Waals surface area contributed by atoms with Crippen molar-refractivity contribution in [2.24, 2.45) is 0 Å². The lowest BCUT2D eigenvalue weighted by Crippen LogP contribution is -2.36. The molecule has 1 amide bonds. The summed E-state index contributed by atoms with van der Waals surface area (Å²) in [5.74, 6) is -0.324. The Kier molecular flexibility index (Phi) is 7.07. The number of benzene rings is 1. The van der Waals surface area contributed by atoms with Crippen LogP contribution >= 0.6 is 0 Å². The summed E-state index contributed by atoms with van der Waals surface area (Å²) in [5, 5.41) is 2.87. The third kappa shape index (κ3) is 6.02. The molecule has 1 aromatic rings. The number of amides is 1. The molecular formula is C18H26N2O3. The van der Waals surface area contributed by atoms with Crippen LogP contribution in [-0.4, -0.2) is 43.0 Å². The van der Waals surface area contributed by atoms with Crippen molar-refractivity contribution in [1.29, 1.82) is 0 Å². The molecule has 1 N–H and O–H groups in total. The number of likely N-dealkylation sites (tertiary alicyclic amines) is 1. The molecule has 0 spiro atoms. The van der Waals surface area contributed by atoms with Crippen LogP contribution in [-0.2, 0) is 9.53 Å². The second kappa shape index (κ2) is 9.30. The first-order valence-corrected chi connectivity index (χ1v) is 8.48. The summed E-state index contributed by atoms with van der Waals surface area (Å²) in [6.07, 6.45) is 5.46. The minimum atomic E-state index is -0.315. The largest absolute Gasteiger partial charge is 0.462 e. The van der Waals surface area contributed by atoms with E-state index in [1.165, 1.54) is 19.3 Å². The second-order valence-electron chi connectivity index (χ2n) is 5.95. The minimum Gasteiger partial charge on any atom is -0.462 e. The third-order valence-electron chi connectivity index (χ3n) is 3.95. The molecule has 0 aromatic heterocycles. The Morgan fingerprint density at radius 3 is 2.48 bits per heavy atom. The zero-order chi connectivity index (χ0) is 16.5. The molecule has 0 atom stereocenters. The highest BCUT2D eigenvalue weighted by atomic mass is 16.5. The van der Waals surface area contributed by atoms with Crippen LogP contribution in [0.3, 0.4) is 0 Å². The Morgan fingerprint density at radius 2 is 1.83 bits per heavy atom. The Balaban J connectivity index is 1.79. The molecule has 5 heteroatoms. The van der Waals surface area contributed by atoms with Crippen LogP contribution in [0.1, 0.15) is 49.4 Å². The Hall–Kier alpha value is -1.88. The molecule has 0 unspecified atom stereocenters. The van der Waals surface area contributed by atoms with Crippen LogP contribution in [0.15, 0.2) is 24.3 Å². The summed E-state index contributed by atoms with van der Waals surface area (Å²) in [4.78, 5) is 26.0. The zero-order valence-corrected chi connectivity index (χ0v) is 13.8. The quantitative estimate of drug-likeness (QED) is 0.620. The Labute approximate surface area is 138 Å². The third-order valence-corrected chi connectivity index (χ3v) is 3.95.